The molecule has 2 unspecified atom stereocenters. The van der Waals surface area contributed by atoms with Crippen LogP contribution in [0, 0.1) is 5.92 Å². The van der Waals surface area contributed by atoms with Crippen molar-refractivity contribution >= 4 is 11.9 Å². The van der Waals surface area contributed by atoms with Crippen LogP contribution in [0.15, 0.2) is 54.6 Å². The van der Waals surface area contributed by atoms with Gasteiger partial charge in [-0.05, 0) is 29.7 Å². The van der Waals surface area contributed by atoms with Crippen LogP contribution in [0.2, 0.25) is 0 Å². The summed E-state index contributed by atoms with van der Waals surface area (Å²) in [6.45, 7) is 2.41. The predicted molar refractivity (Wildman–Crippen MR) is 89.0 cm³/mol. The van der Waals surface area contributed by atoms with Gasteiger partial charge in [0.15, 0.2) is 6.61 Å². The Kier molecular flexibility index (Phi) is 4.51. The van der Waals surface area contributed by atoms with E-state index in [4.69, 9.17) is 9.84 Å². The molecule has 3 rings (SSSR count). The molecule has 1 amide bonds. The molecule has 0 aromatic heterocycles. The molecule has 0 saturated carbocycles. The SMILES string of the molecule is CC1CN(C(=O)c2cccc(OCC(=O)O)c2)C1c1ccccc1. The van der Waals surface area contributed by atoms with Crippen molar-refractivity contribution in [3.63, 3.8) is 0 Å². The number of hydrogen-bond donors (Lipinski definition) is 1. The summed E-state index contributed by atoms with van der Waals surface area (Å²) >= 11 is 0. The van der Waals surface area contributed by atoms with Crippen molar-refractivity contribution in [1.82, 2.24) is 4.90 Å². The van der Waals surface area contributed by atoms with Crippen LogP contribution in [0.1, 0.15) is 28.9 Å². The number of ether oxygens (including phenoxy) is 1. The Labute approximate surface area is 140 Å². The van der Waals surface area contributed by atoms with Crippen molar-refractivity contribution < 1.29 is 19.4 Å². The van der Waals surface area contributed by atoms with E-state index in [0.717, 1.165) is 5.56 Å². The van der Waals surface area contributed by atoms with Crippen LogP contribution in [-0.2, 0) is 4.79 Å². The van der Waals surface area contributed by atoms with Crippen LogP contribution in [0.4, 0.5) is 0 Å². The number of hydrogen-bond acceptors (Lipinski definition) is 3. The zero-order chi connectivity index (χ0) is 17.1. The van der Waals surface area contributed by atoms with Crippen LogP contribution in [-0.4, -0.2) is 35.0 Å². The molecule has 0 bridgehead atoms. The van der Waals surface area contributed by atoms with E-state index in [1.807, 2.05) is 35.2 Å². The van der Waals surface area contributed by atoms with Crippen LogP contribution in [0.5, 0.6) is 5.75 Å². The second kappa shape index (κ2) is 6.74. The zero-order valence-corrected chi connectivity index (χ0v) is 13.4. The van der Waals surface area contributed by atoms with Crippen LogP contribution in [0.3, 0.4) is 0 Å². The van der Waals surface area contributed by atoms with Gasteiger partial charge in [0.2, 0.25) is 0 Å². The average molecular weight is 325 g/mol. The van der Waals surface area contributed by atoms with Gasteiger partial charge in [0.1, 0.15) is 5.75 Å². The fourth-order valence-electron chi connectivity index (χ4n) is 3.09. The van der Waals surface area contributed by atoms with Crippen molar-refractivity contribution in [1.29, 1.82) is 0 Å². The third kappa shape index (κ3) is 3.25. The molecule has 2 atom stereocenters. The fourth-order valence-corrected chi connectivity index (χ4v) is 3.09. The number of nitrogens with zero attached hydrogens (tertiary/aromatic N) is 1. The topological polar surface area (TPSA) is 66.8 Å². The predicted octanol–water partition coefficient (Wildman–Crippen LogP) is 2.98. The molecule has 2 aromatic rings. The van der Waals surface area contributed by atoms with Gasteiger partial charge in [-0.15, -0.1) is 0 Å². The Balaban J connectivity index is 1.77. The summed E-state index contributed by atoms with van der Waals surface area (Å²) in [7, 11) is 0. The molecule has 2 aromatic carbocycles. The summed E-state index contributed by atoms with van der Waals surface area (Å²) in [4.78, 5) is 25.2. The maximum Gasteiger partial charge on any atom is 0.341 e. The Morgan fingerprint density at radius 1 is 1.17 bits per heavy atom. The number of rotatable bonds is 5. The lowest BCUT2D eigenvalue weighted by Crippen LogP contribution is -2.51. The molecule has 0 radical (unpaired) electrons. The minimum Gasteiger partial charge on any atom is -0.482 e. The highest BCUT2D eigenvalue weighted by atomic mass is 16.5. The quantitative estimate of drug-likeness (QED) is 0.918. The minimum absolute atomic E-state index is 0.0669. The van der Waals surface area contributed by atoms with Gasteiger partial charge in [0.25, 0.3) is 5.91 Å². The number of benzene rings is 2. The molecule has 24 heavy (non-hydrogen) atoms. The second-order valence-electron chi connectivity index (χ2n) is 6.00. The highest BCUT2D eigenvalue weighted by Crippen LogP contribution is 2.39. The first-order chi connectivity index (χ1) is 11.6. The molecule has 1 heterocycles. The van der Waals surface area contributed by atoms with Gasteiger partial charge in [-0.3, -0.25) is 4.79 Å². The summed E-state index contributed by atoms with van der Waals surface area (Å²) in [5, 5.41) is 8.68. The van der Waals surface area contributed by atoms with E-state index in [1.165, 1.54) is 0 Å². The van der Waals surface area contributed by atoms with Crippen LogP contribution >= 0.6 is 0 Å². The van der Waals surface area contributed by atoms with Crippen molar-refractivity contribution in [3.05, 3.63) is 65.7 Å². The summed E-state index contributed by atoms with van der Waals surface area (Å²) in [5.74, 6) is -0.328. The number of carbonyl (C=O) groups is 2. The van der Waals surface area contributed by atoms with Crippen molar-refractivity contribution in [2.75, 3.05) is 13.2 Å². The molecule has 0 aliphatic carbocycles. The molecular weight excluding hydrogens is 306 g/mol. The minimum atomic E-state index is -1.05. The Morgan fingerprint density at radius 2 is 1.92 bits per heavy atom. The number of carbonyl (C=O) groups excluding carboxylic acids is 1. The van der Waals surface area contributed by atoms with Gasteiger partial charge < -0.3 is 14.7 Å². The summed E-state index contributed by atoms with van der Waals surface area (Å²) in [6.07, 6.45) is 0. The lowest BCUT2D eigenvalue weighted by Gasteiger charge is -2.47. The van der Waals surface area contributed by atoms with E-state index >= 15 is 0 Å². The summed E-state index contributed by atoms with van der Waals surface area (Å²) < 4.78 is 5.15. The standard InChI is InChI=1S/C19H19NO4/c1-13-11-20(18(13)14-6-3-2-4-7-14)19(23)15-8-5-9-16(10-15)24-12-17(21)22/h2-10,13,18H,11-12H2,1H3,(H,21,22). The first kappa shape index (κ1) is 16.1. The number of carboxylic acids is 1. The number of likely N-dealkylation sites (tertiary alicyclic amines) is 1. The highest BCUT2D eigenvalue weighted by molar-refractivity contribution is 5.95. The molecule has 1 aliphatic heterocycles. The van der Waals surface area contributed by atoms with Gasteiger partial charge >= 0.3 is 5.97 Å². The van der Waals surface area contributed by atoms with Gasteiger partial charge in [0.05, 0.1) is 6.04 Å². The van der Waals surface area contributed by atoms with Crippen LogP contribution in [0.25, 0.3) is 0 Å². The van der Waals surface area contributed by atoms with Gasteiger partial charge in [-0.2, -0.15) is 0 Å². The molecular formula is C19H19NO4. The number of aliphatic carboxylic acids is 1. The number of amides is 1. The van der Waals surface area contributed by atoms with E-state index in [2.05, 4.69) is 6.92 Å². The van der Waals surface area contributed by atoms with Gasteiger partial charge in [-0.25, -0.2) is 4.79 Å². The summed E-state index contributed by atoms with van der Waals surface area (Å²) in [5.41, 5.74) is 1.63. The van der Waals surface area contributed by atoms with E-state index in [1.54, 1.807) is 24.3 Å². The second-order valence-corrected chi connectivity index (χ2v) is 6.00. The van der Waals surface area contributed by atoms with Crippen molar-refractivity contribution in [2.24, 2.45) is 5.92 Å². The lowest BCUT2D eigenvalue weighted by molar-refractivity contribution is -0.139. The first-order valence-corrected chi connectivity index (χ1v) is 7.87. The third-order valence-electron chi connectivity index (χ3n) is 4.20. The van der Waals surface area contributed by atoms with Crippen molar-refractivity contribution in [3.8, 4) is 5.75 Å². The zero-order valence-electron chi connectivity index (χ0n) is 13.4. The maximum atomic E-state index is 12.8. The normalized spacial score (nSPS) is 19.5. The van der Waals surface area contributed by atoms with E-state index in [-0.39, 0.29) is 11.9 Å². The third-order valence-corrected chi connectivity index (χ3v) is 4.20. The molecule has 5 nitrogen and oxygen atoms in total. The largest absolute Gasteiger partial charge is 0.482 e. The smallest absolute Gasteiger partial charge is 0.341 e. The molecule has 1 saturated heterocycles. The van der Waals surface area contributed by atoms with Gasteiger partial charge in [0, 0.05) is 12.1 Å². The molecule has 1 fully saturated rings. The Bertz CT molecular complexity index is 744. The molecule has 0 spiro atoms. The molecule has 1 N–H and O–H groups in total. The van der Waals surface area contributed by atoms with E-state index < -0.39 is 12.6 Å². The van der Waals surface area contributed by atoms with Gasteiger partial charge in [-0.1, -0.05) is 43.3 Å². The first-order valence-electron chi connectivity index (χ1n) is 7.87. The van der Waals surface area contributed by atoms with E-state index in [9.17, 15) is 9.59 Å². The fraction of sp³-hybridized carbons (Fsp3) is 0.263. The monoisotopic (exact) mass is 325 g/mol. The molecule has 1 aliphatic rings. The summed E-state index contributed by atoms with van der Waals surface area (Å²) in [6, 6.07) is 16.7. The average Bonchev–Trinajstić information content (AvgIpc) is 2.58. The molecule has 124 valence electrons. The number of carboxylic acid groups (broad SMARTS) is 1. The highest BCUT2D eigenvalue weighted by Gasteiger charge is 2.40. The Hall–Kier alpha value is -2.82. The maximum absolute atomic E-state index is 12.8. The Morgan fingerprint density at radius 3 is 2.58 bits per heavy atom. The van der Waals surface area contributed by atoms with Crippen molar-refractivity contribution in [2.45, 2.75) is 13.0 Å². The lowest BCUT2D eigenvalue weighted by atomic mass is 9.84. The molecule has 5 heteroatoms. The van der Waals surface area contributed by atoms with Crippen LogP contribution < -0.4 is 4.74 Å². The van der Waals surface area contributed by atoms with E-state index in [0.29, 0.717) is 23.8 Å².